The lowest BCUT2D eigenvalue weighted by Gasteiger charge is -2.30. The van der Waals surface area contributed by atoms with Crippen LogP contribution in [0.4, 0.5) is 5.82 Å². The molecular formula is C17H19N3O2. The largest absolute Gasteiger partial charge is 0.497 e. The average molecular weight is 297 g/mol. The number of nitrogens with one attached hydrogen (secondary N) is 1. The highest BCUT2D eigenvalue weighted by Crippen LogP contribution is 2.29. The molecule has 0 bridgehead atoms. The first kappa shape index (κ1) is 14.5. The number of nitriles is 1. The normalized spacial score (nSPS) is 15.6. The van der Waals surface area contributed by atoms with Crippen LogP contribution in [0.25, 0.3) is 11.3 Å². The number of anilines is 1. The molecule has 5 heteroatoms. The second-order valence-corrected chi connectivity index (χ2v) is 5.50. The number of benzene rings is 1. The number of aliphatic hydroxyl groups excluding tert-OH is 1. The van der Waals surface area contributed by atoms with Crippen molar-refractivity contribution in [2.75, 3.05) is 25.1 Å². The highest BCUT2D eigenvalue weighted by molar-refractivity contribution is 5.69. The van der Waals surface area contributed by atoms with Crippen LogP contribution in [0.2, 0.25) is 0 Å². The number of hydrogen-bond acceptors (Lipinski definition) is 4. The average Bonchev–Trinajstić information content (AvgIpc) is 3.00. The molecule has 0 radical (unpaired) electrons. The Labute approximate surface area is 129 Å². The lowest BCUT2D eigenvalue weighted by molar-refractivity contribution is 0.145. The number of hydrogen-bond donors (Lipinski definition) is 2. The van der Waals surface area contributed by atoms with E-state index in [9.17, 15) is 10.4 Å². The van der Waals surface area contributed by atoms with E-state index in [-0.39, 0.29) is 6.10 Å². The molecule has 5 nitrogen and oxygen atoms in total. The Kier molecular flexibility index (Phi) is 4.03. The SMILES string of the molecule is COc1ccc(-c2cc(C#N)c(N3CCC(O)CC3)[nH]2)cc1. The van der Waals surface area contributed by atoms with Crippen molar-refractivity contribution in [2.45, 2.75) is 18.9 Å². The van der Waals surface area contributed by atoms with Crippen LogP contribution in [0.1, 0.15) is 18.4 Å². The second-order valence-electron chi connectivity index (χ2n) is 5.50. The molecular weight excluding hydrogens is 278 g/mol. The molecule has 0 aliphatic carbocycles. The number of ether oxygens (including phenoxy) is 1. The van der Waals surface area contributed by atoms with Crippen molar-refractivity contribution in [3.63, 3.8) is 0 Å². The van der Waals surface area contributed by atoms with Gasteiger partial charge in [0, 0.05) is 18.8 Å². The fourth-order valence-electron chi connectivity index (χ4n) is 2.79. The van der Waals surface area contributed by atoms with Crippen LogP contribution in [-0.2, 0) is 0 Å². The summed E-state index contributed by atoms with van der Waals surface area (Å²) < 4.78 is 5.17. The van der Waals surface area contributed by atoms with Gasteiger partial charge in [0.25, 0.3) is 0 Å². The molecule has 114 valence electrons. The van der Waals surface area contributed by atoms with Gasteiger partial charge in [-0.1, -0.05) is 0 Å². The number of aliphatic hydroxyl groups is 1. The summed E-state index contributed by atoms with van der Waals surface area (Å²) in [7, 11) is 1.64. The number of rotatable bonds is 3. The molecule has 0 saturated carbocycles. The van der Waals surface area contributed by atoms with Crippen molar-refractivity contribution in [1.29, 1.82) is 5.26 Å². The number of aromatic nitrogens is 1. The molecule has 0 amide bonds. The summed E-state index contributed by atoms with van der Waals surface area (Å²) in [6.07, 6.45) is 1.25. The molecule has 2 heterocycles. The standard InChI is InChI=1S/C17H19N3O2/c1-22-15-4-2-12(3-5-15)16-10-13(11-18)17(19-16)20-8-6-14(21)7-9-20/h2-5,10,14,19,21H,6-9H2,1H3. The molecule has 1 aromatic heterocycles. The smallest absolute Gasteiger partial charge is 0.124 e. The molecule has 1 aromatic carbocycles. The third-order valence-corrected chi connectivity index (χ3v) is 4.10. The van der Waals surface area contributed by atoms with Gasteiger partial charge in [-0.15, -0.1) is 0 Å². The van der Waals surface area contributed by atoms with Crippen LogP contribution in [0.15, 0.2) is 30.3 Å². The predicted molar refractivity (Wildman–Crippen MR) is 84.9 cm³/mol. The number of piperidine rings is 1. The summed E-state index contributed by atoms with van der Waals surface area (Å²) in [5.74, 6) is 1.65. The van der Waals surface area contributed by atoms with Gasteiger partial charge in [0.15, 0.2) is 0 Å². The highest BCUT2D eigenvalue weighted by Gasteiger charge is 2.21. The number of methoxy groups -OCH3 is 1. The maximum Gasteiger partial charge on any atom is 0.124 e. The van der Waals surface area contributed by atoms with Gasteiger partial charge in [0.05, 0.1) is 18.8 Å². The third-order valence-electron chi connectivity index (χ3n) is 4.10. The van der Waals surface area contributed by atoms with Gasteiger partial charge in [0.2, 0.25) is 0 Å². The van der Waals surface area contributed by atoms with Gasteiger partial charge < -0.3 is 19.7 Å². The summed E-state index contributed by atoms with van der Waals surface area (Å²) in [5.41, 5.74) is 2.57. The maximum absolute atomic E-state index is 9.62. The van der Waals surface area contributed by atoms with Crippen molar-refractivity contribution in [1.82, 2.24) is 4.98 Å². The van der Waals surface area contributed by atoms with Crippen LogP contribution >= 0.6 is 0 Å². The first-order chi connectivity index (χ1) is 10.7. The zero-order valence-corrected chi connectivity index (χ0v) is 12.5. The Bertz CT molecular complexity index is 677. The molecule has 0 atom stereocenters. The Morgan fingerprint density at radius 3 is 2.55 bits per heavy atom. The van der Waals surface area contributed by atoms with Crippen LogP contribution in [0, 0.1) is 11.3 Å². The highest BCUT2D eigenvalue weighted by atomic mass is 16.5. The van der Waals surface area contributed by atoms with E-state index in [4.69, 9.17) is 4.74 Å². The molecule has 2 N–H and O–H groups in total. The Morgan fingerprint density at radius 2 is 1.95 bits per heavy atom. The Balaban J connectivity index is 1.89. The molecule has 0 unspecified atom stereocenters. The minimum atomic E-state index is -0.224. The maximum atomic E-state index is 9.62. The summed E-state index contributed by atoms with van der Waals surface area (Å²) in [6.45, 7) is 1.52. The van der Waals surface area contributed by atoms with Crippen molar-refractivity contribution < 1.29 is 9.84 Å². The van der Waals surface area contributed by atoms with Gasteiger partial charge in [-0.05, 0) is 48.7 Å². The van der Waals surface area contributed by atoms with Crippen LogP contribution in [-0.4, -0.2) is 36.4 Å². The van der Waals surface area contributed by atoms with Gasteiger partial charge in [-0.2, -0.15) is 5.26 Å². The summed E-state index contributed by atoms with van der Waals surface area (Å²) in [5, 5.41) is 19.0. The number of nitrogens with zero attached hydrogens (tertiary/aromatic N) is 2. The van der Waals surface area contributed by atoms with Gasteiger partial charge >= 0.3 is 0 Å². The molecule has 2 aromatic rings. The van der Waals surface area contributed by atoms with Crippen LogP contribution < -0.4 is 9.64 Å². The molecule has 1 aliphatic heterocycles. The van der Waals surface area contributed by atoms with Crippen molar-refractivity contribution in [3.05, 3.63) is 35.9 Å². The topological polar surface area (TPSA) is 72.3 Å². The van der Waals surface area contributed by atoms with Crippen molar-refractivity contribution in [3.8, 4) is 23.1 Å². The zero-order chi connectivity index (χ0) is 15.5. The van der Waals surface area contributed by atoms with Crippen molar-refractivity contribution >= 4 is 5.82 Å². The van der Waals surface area contributed by atoms with E-state index in [0.717, 1.165) is 48.8 Å². The summed E-state index contributed by atoms with van der Waals surface area (Å²) in [4.78, 5) is 5.49. The van der Waals surface area contributed by atoms with E-state index in [2.05, 4.69) is 16.0 Å². The zero-order valence-electron chi connectivity index (χ0n) is 12.5. The van der Waals surface area contributed by atoms with E-state index in [1.165, 1.54) is 0 Å². The third kappa shape index (κ3) is 2.78. The van der Waals surface area contributed by atoms with E-state index in [1.807, 2.05) is 30.3 Å². The van der Waals surface area contributed by atoms with Gasteiger partial charge in [0.1, 0.15) is 17.6 Å². The first-order valence-electron chi connectivity index (χ1n) is 7.42. The molecule has 3 rings (SSSR count). The fraction of sp³-hybridized carbons (Fsp3) is 0.353. The van der Waals surface area contributed by atoms with Gasteiger partial charge in [-0.25, -0.2) is 0 Å². The predicted octanol–water partition coefficient (Wildman–Crippen LogP) is 2.52. The molecule has 1 aliphatic rings. The monoisotopic (exact) mass is 297 g/mol. The lowest BCUT2D eigenvalue weighted by Crippen LogP contribution is -2.36. The number of H-pyrrole nitrogens is 1. The summed E-state index contributed by atoms with van der Waals surface area (Å²) in [6, 6.07) is 11.9. The second kappa shape index (κ2) is 6.12. The Morgan fingerprint density at radius 1 is 1.27 bits per heavy atom. The van der Waals surface area contributed by atoms with Crippen LogP contribution in [0.5, 0.6) is 5.75 Å². The quantitative estimate of drug-likeness (QED) is 0.913. The van der Waals surface area contributed by atoms with E-state index >= 15 is 0 Å². The van der Waals surface area contributed by atoms with E-state index < -0.39 is 0 Å². The van der Waals surface area contributed by atoms with E-state index in [0.29, 0.717) is 5.56 Å². The van der Waals surface area contributed by atoms with E-state index in [1.54, 1.807) is 7.11 Å². The lowest BCUT2D eigenvalue weighted by atomic mass is 10.1. The minimum Gasteiger partial charge on any atom is -0.497 e. The molecule has 1 fully saturated rings. The molecule has 1 saturated heterocycles. The Hall–Kier alpha value is -2.45. The molecule has 0 spiro atoms. The fourth-order valence-corrected chi connectivity index (χ4v) is 2.79. The molecule has 22 heavy (non-hydrogen) atoms. The minimum absolute atomic E-state index is 0.224. The number of aromatic amines is 1. The first-order valence-corrected chi connectivity index (χ1v) is 7.42. The van der Waals surface area contributed by atoms with Crippen molar-refractivity contribution in [2.24, 2.45) is 0 Å². The van der Waals surface area contributed by atoms with Crippen LogP contribution in [0.3, 0.4) is 0 Å². The van der Waals surface area contributed by atoms with Gasteiger partial charge in [-0.3, -0.25) is 0 Å². The summed E-state index contributed by atoms with van der Waals surface area (Å²) >= 11 is 0.